The molecule has 1 aromatic carbocycles. The molecule has 19 heavy (non-hydrogen) atoms. The van der Waals surface area contributed by atoms with Gasteiger partial charge in [0.1, 0.15) is 0 Å². The predicted molar refractivity (Wildman–Crippen MR) is 75.9 cm³/mol. The number of hydrogen-bond acceptors (Lipinski definition) is 3. The molecule has 0 saturated heterocycles. The third-order valence-electron chi connectivity index (χ3n) is 4.15. The number of nitrogens with two attached hydrogens (primary N) is 1. The van der Waals surface area contributed by atoms with Crippen LogP contribution in [0.25, 0.3) is 11.0 Å². The van der Waals surface area contributed by atoms with Crippen LogP contribution in [-0.2, 0) is 6.54 Å². The Balaban J connectivity index is 1.95. The summed E-state index contributed by atoms with van der Waals surface area (Å²) < 4.78 is 1.77. The monoisotopic (exact) mass is 257 g/mol. The van der Waals surface area contributed by atoms with Gasteiger partial charge < -0.3 is 10.3 Å². The van der Waals surface area contributed by atoms with E-state index >= 15 is 0 Å². The highest BCUT2D eigenvalue weighted by atomic mass is 16.1. The Kier molecular flexibility index (Phi) is 3.34. The van der Waals surface area contributed by atoms with E-state index in [4.69, 9.17) is 5.73 Å². The SMILES string of the molecule is NC(Cn1c(=O)cnc2ccccc21)C1CCCC1. The molecule has 2 N–H and O–H groups in total. The zero-order valence-electron chi connectivity index (χ0n) is 11.0. The molecule has 0 spiro atoms. The maximum Gasteiger partial charge on any atom is 0.269 e. The van der Waals surface area contributed by atoms with Crippen LogP contribution < -0.4 is 11.3 Å². The molecule has 100 valence electrons. The number of aromatic nitrogens is 2. The highest BCUT2D eigenvalue weighted by molar-refractivity contribution is 5.74. The van der Waals surface area contributed by atoms with Crippen LogP contribution >= 0.6 is 0 Å². The van der Waals surface area contributed by atoms with E-state index in [2.05, 4.69) is 4.98 Å². The lowest BCUT2D eigenvalue weighted by atomic mass is 9.99. The van der Waals surface area contributed by atoms with Gasteiger partial charge in [0.2, 0.25) is 0 Å². The molecule has 1 aromatic heterocycles. The van der Waals surface area contributed by atoms with E-state index in [1.54, 1.807) is 4.57 Å². The molecule has 1 heterocycles. The molecule has 1 fully saturated rings. The number of fused-ring (bicyclic) bond motifs is 1. The summed E-state index contributed by atoms with van der Waals surface area (Å²) in [5.74, 6) is 0.554. The van der Waals surface area contributed by atoms with Gasteiger partial charge in [0, 0.05) is 12.6 Å². The lowest BCUT2D eigenvalue weighted by Crippen LogP contribution is -2.37. The van der Waals surface area contributed by atoms with Crippen molar-refractivity contribution in [3.8, 4) is 0 Å². The van der Waals surface area contributed by atoms with Crippen LogP contribution in [0.15, 0.2) is 35.3 Å². The minimum absolute atomic E-state index is 0.0611. The number of hydrogen-bond donors (Lipinski definition) is 1. The average molecular weight is 257 g/mol. The fourth-order valence-electron chi connectivity index (χ4n) is 3.05. The molecule has 1 saturated carbocycles. The van der Waals surface area contributed by atoms with Gasteiger partial charge in [0.25, 0.3) is 5.56 Å². The van der Waals surface area contributed by atoms with Crippen LogP contribution in [0, 0.1) is 5.92 Å². The summed E-state index contributed by atoms with van der Waals surface area (Å²) in [5, 5.41) is 0. The van der Waals surface area contributed by atoms with Crippen LogP contribution in [0.3, 0.4) is 0 Å². The third kappa shape index (κ3) is 2.40. The van der Waals surface area contributed by atoms with Crippen molar-refractivity contribution in [1.29, 1.82) is 0 Å². The lowest BCUT2D eigenvalue weighted by molar-refractivity contribution is 0.387. The van der Waals surface area contributed by atoms with Crippen molar-refractivity contribution in [2.24, 2.45) is 11.7 Å². The van der Waals surface area contributed by atoms with E-state index in [9.17, 15) is 4.79 Å². The fourth-order valence-corrected chi connectivity index (χ4v) is 3.05. The predicted octanol–water partition coefficient (Wildman–Crippen LogP) is 1.91. The summed E-state index contributed by atoms with van der Waals surface area (Å²) in [6.45, 7) is 0.590. The molecule has 2 aromatic rings. The minimum atomic E-state index is -0.0628. The maximum atomic E-state index is 12.0. The van der Waals surface area contributed by atoms with Gasteiger partial charge in [-0.05, 0) is 30.9 Å². The summed E-state index contributed by atoms with van der Waals surface area (Å²) in [5.41, 5.74) is 7.95. The van der Waals surface area contributed by atoms with Crippen molar-refractivity contribution >= 4 is 11.0 Å². The topological polar surface area (TPSA) is 60.9 Å². The zero-order valence-corrected chi connectivity index (χ0v) is 11.0. The Hall–Kier alpha value is -1.68. The van der Waals surface area contributed by atoms with E-state index in [-0.39, 0.29) is 11.6 Å². The highest BCUT2D eigenvalue weighted by Crippen LogP contribution is 2.27. The first-order valence-corrected chi connectivity index (χ1v) is 6.96. The number of para-hydroxylation sites is 2. The molecule has 0 amide bonds. The first-order valence-electron chi connectivity index (χ1n) is 6.96. The molecule has 1 aliphatic rings. The first kappa shape index (κ1) is 12.4. The summed E-state index contributed by atoms with van der Waals surface area (Å²) in [7, 11) is 0. The van der Waals surface area contributed by atoms with Gasteiger partial charge in [-0.15, -0.1) is 0 Å². The summed E-state index contributed by atoms with van der Waals surface area (Å²) in [6.07, 6.45) is 6.32. The zero-order chi connectivity index (χ0) is 13.2. The van der Waals surface area contributed by atoms with Crippen molar-refractivity contribution in [3.05, 3.63) is 40.8 Å². The van der Waals surface area contributed by atoms with Crippen molar-refractivity contribution in [3.63, 3.8) is 0 Å². The first-order chi connectivity index (χ1) is 9.25. The van der Waals surface area contributed by atoms with Crippen molar-refractivity contribution in [1.82, 2.24) is 9.55 Å². The average Bonchev–Trinajstić information content (AvgIpc) is 2.96. The lowest BCUT2D eigenvalue weighted by Gasteiger charge is -2.20. The molecular weight excluding hydrogens is 238 g/mol. The second-order valence-electron chi connectivity index (χ2n) is 5.40. The fraction of sp³-hybridized carbons (Fsp3) is 0.467. The molecule has 1 unspecified atom stereocenters. The van der Waals surface area contributed by atoms with E-state index < -0.39 is 0 Å². The van der Waals surface area contributed by atoms with Crippen LogP contribution in [0.5, 0.6) is 0 Å². The Morgan fingerprint density at radius 1 is 1.32 bits per heavy atom. The quantitative estimate of drug-likeness (QED) is 0.913. The molecule has 1 aliphatic carbocycles. The second kappa shape index (κ2) is 5.13. The van der Waals surface area contributed by atoms with Gasteiger partial charge in [-0.3, -0.25) is 4.79 Å². The molecule has 3 rings (SSSR count). The minimum Gasteiger partial charge on any atom is -0.326 e. The van der Waals surface area contributed by atoms with Gasteiger partial charge in [0.15, 0.2) is 0 Å². The third-order valence-corrected chi connectivity index (χ3v) is 4.15. The number of benzene rings is 1. The van der Waals surface area contributed by atoms with Crippen LogP contribution in [-0.4, -0.2) is 15.6 Å². The van der Waals surface area contributed by atoms with Crippen LogP contribution in [0.4, 0.5) is 0 Å². The molecule has 0 bridgehead atoms. The molecule has 0 aliphatic heterocycles. The van der Waals surface area contributed by atoms with E-state index in [0.717, 1.165) is 11.0 Å². The number of rotatable bonds is 3. The Bertz CT molecular complexity index is 629. The standard InChI is InChI=1S/C15H19N3O/c16-12(11-5-1-2-6-11)10-18-14-8-4-3-7-13(14)17-9-15(18)19/h3-4,7-9,11-12H,1-2,5-6,10,16H2. The van der Waals surface area contributed by atoms with Crippen molar-refractivity contribution in [2.45, 2.75) is 38.3 Å². The molecule has 1 atom stereocenters. The summed E-state index contributed by atoms with van der Waals surface area (Å²) in [4.78, 5) is 16.2. The second-order valence-corrected chi connectivity index (χ2v) is 5.40. The largest absolute Gasteiger partial charge is 0.326 e. The normalized spacial score (nSPS) is 17.9. The van der Waals surface area contributed by atoms with Gasteiger partial charge in [0.05, 0.1) is 17.2 Å². The summed E-state index contributed by atoms with van der Waals surface area (Å²) in [6, 6.07) is 7.78. The number of nitrogens with zero attached hydrogens (tertiary/aromatic N) is 2. The molecule has 0 radical (unpaired) electrons. The summed E-state index contributed by atoms with van der Waals surface area (Å²) >= 11 is 0. The smallest absolute Gasteiger partial charge is 0.269 e. The van der Waals surface area contributed by atoms with Gasteiger partial charge >= 0.3 is 0 Å². The van der Waals surface area contributed by atoms with E-state index in [1.807, 2.05) is 24.3 Å². The molecule has 4 heteroatoms. The van der Waals surface area contributed by atoms with Gasteiger partial charge in [-0.2, -0.15) is 0 Å². The van der Waals surface area contributed by atoms with Crippen molar-refractivity contribution < 1.29 is 0 Å². The Morgan fingerprint density at radius 3 is 2.84 bits per heavy atom. The highest BCUT2D eigenvalue weighted by Gasteiger charge is 2.22. The van der Waals surface area contributed by atoms with Crippen LogP contribution in [0.1, 0.15) is 25.7 Å². The maximum absolute atomic E-state index is 12.0. The van der Waals surface area contributed by atoms with Crippen molar-refractivity contribution in [2.75, 3.05) is 0 Å². The molecular formula is C15H19N3O. The van der Waals surface area contributed by atoms with E-state index in [0.29, 0.717) is 12.5 Å². The van der Waals surface area contributed by atoms with Crippen LogP contribution in [0.2, 0.25) is 0 Å². The van der Waals surface area contributed by atoms with Gasteiger partial charge in [-0.1, -0.05) is 25.0 Å². The van der Waals surface area contributed by atoms with Gasteiger partial charge in [-0.25, -0.2) is 4.98 Å². The van der Waals surface area contributed by atoms with E-state index in [1.165, 1.54) is 31.9 Å². The Labute approximate surface area is 112 Å². The molecule has 4 nitrogen and oxygen atoms in total. The Morgan fingerprint density at radius 2 is 2.05 bits per heavy atom.